The molecule has 1 amide bonds. The number of likely N-dealkylation sites (tertiary alicyclic amines) is 1. The van der Waals surface area contributed by atoms with Gasteiger partial charge in [-0.25, -0.2) is 22.7 Å². The molecule has 1 atom stereocenters. The summed E-state index contributed by atoms with van der Waals surface area (Å²) in [7, 11) is 1.40. The molecule has 1 aromatic carbocycles. The second-order valence-electron chi connectivity index (χ2n) is 8.64. The molecular formula is C24H26F3N7O2. The van der Waals surface area contributed by atoms with Gasteiger partial charge in [0.2, 0.25) is 17.7 Å². The number of ether oxygens (including phenoxy) is 1. The lowest BCUT2D eigenvalue weighted by Gasteiger charge is -2.38. The molecule has 190 valence electrons. The number of alkyl halides is 3. The maximum absolute atomic E-state index is 14.9. The first-order chi connectivity index (χ1) is 18.4. The van der Waals surface area contributed by atoms with Gasteiger partial charge in [0, 0.05) is 29.3 Å². The molecule has 1 fully saturated rings. The SMILES string of the molecule is [2H]C([2H])([2H])C(=O)N1CC[C@@H](Nc2nc(OC)c3c(-c4ccc5nc(C)n(CCF)c5c4)ccn3n2)C(F)(F)C1. The molecule has 0 saturated carbocycles. The van der Waals surface area contributed by atoms with Gasteiger partial charge in [-0.3, -0.25) is 4.79 Å². The number of carbonyl (C=O) groups excluding carboxylic acids is 1. The number of methoxy groups -OCH3 is 1. The van der Waals surface area contributed by atoms with E-state index in [0.717, 1.165) is 16.6 Å². The number of aromatic nitrogens is 5. The molecule has 1 saturated heterocycles. The molecule has 4 aromatic rings. The van der Waals surface area contributed by atoms with Crippen LogP contribution >= 0.6 is 0 Å². The second kappa shape index (κ2) is 8.99. The van der Waals surface area contributed by atoms with Crippen molar-refractivity contribution in [2.24, 2.45) is 0 Å². The van der Waals surface area contributed by atoms with Gasteiger partial charge >= 0.3 is 0 Å². The predicted octanol–water partition coefficient (Wildman–Crippen LogP) is 3.70. The number of benzene rings is 1. The van der Waals surface area contributed by atoms with E-state index in [2.05, 4.69) is 20.4 Å². The first kappa shape index (κ1) is 20.4. The zero-order chi connectivity index (χ0) is 28.1. The number of imidazole rings is 1. The number of hydrogen-bond donors (Lipinski definition) is 1. The molecule has 0 spiro atoms. The lowest BCUT2D eigenvalue weighted by Crippen LogP contribution is -2.55. The molecular weight excluding hydrogens is 475 g/mol. The van der Waals surface area contributed by atoms with Crippen molar-refractivity contribution >= 4 is 28.4 Å². The molecule has 3 aromatic heterocycles. The summed E-state index contributed by atoms with van der Waals surface area (Å²) in [4.78, 5) is 21.4. The Balaban J connectivity index is 1.45. The maximum atomic E-state index is 14.9. The van der Waals surface area contributed by atoms with Gasteiger partial charge in [0.1, 0.15) is 18.0 Å². The molecule has 4 heterocycles. The quantitative estimate of drug-likeness (QED) is 0.431. The van der Waals surface area contributed by atoms with Gasteiger partial charge in [-0.15, -0.1) is 5.10 Å². The van der Waals surface area contributed by atoms with E-state index in [-0.39, 0.29) is 31.3 Å². The highest BCUT2D eigenvalue weighted by Gasteiger charge is 2.45. The third-order valence-corrected chi connectivity index (χ3v) is 6.42. The summed E-state index contributed by atoms with van der Waals surface area (Å²) in [5.41, 5.74) is 3.50. The molecule has 0 unspecified atom stereocenters. The topological polar surface area (TPSA) is 89.6 Å². The van der Waals surface area contributed by atoms with Crippen LogP contribution in [0.15, 0.2) is 30.5 Å². The number of hydrogen-bond acceptors (Lipinski definition) is 6. The lowest BCUT2D eigenvalue weighted by molar-refractivity contribution is -0.140. The number of rotatable bonds is 6. The summed E-state index contributed by atoms with van der Waals surface area (Å²) >= 11 is 0. The molecule has 5 rings (SSSR count). The zero-order valence-electron chi connectivity index (χ0n) is 22.6. The van der Waals surface area contributed by atoms with Gasteiger partial charge in [-0.1, -0.05) is 6.07 Å². The number of aryl methyl sites for hydroxylation is 2. The standard InChI is InChI=1S/C24H26F3N7O2/c1-14-28-18-5-4-16(12-19(18)33(14)11-8-25)17-6-10-34-21(17)22(36-3)30-23(31-34)29-20-7-9-32(15(2)35)13-24(20,26)27/h4-6,10,12,20H,7-9,11,13H2,1-3H3,(H,29,31)/t20-/m1/s1/i2D3. The van der Waals surface area contributed by atoms with Crippen LogP contribution < -0.4 is 10.1 Å². The van der Waals surface area contributed by atoms with Crippen molar-refractivity contribution in [3.8, 4) is 17.0 Å². The van der Waals surface area contributed by atoms with E-state index in [1.54, 1.807) is 16.8 Å². The van der Waals surface area contributed by atoms with Crippen molar-refractivity contribution in [1.29, 1.82) is 0 Å². The third kappa shape index (κ3) is 4.10. The summed E-state index contributed by atoms with van der Waals surface area (Å²) < 4.78 is 73.4. The minimum atomic E-state index is -3.43. The highest BCUT2D eigenvalue weighted by Crippen LogP contribution is 2.34. The normalized spacial score (nSPS) is 19.2. The number of fused-ring (bicyclic) bond motifs is 2. The Hall–Kier alpha value is -3.83. The smallest absolute Gasteiger partial charge is 0.285 e. The first-order valence-electron chi connectivity index (χ1n) is 12.8. The van der Waals surface area contributed by atoms with Crippen LogP contribution in [0.25, 0.3) is 27.7 Å². The number of amides is 1. The molecule has 9 nitrogen and oxygen atoms in total. The minimum absolute atomic E-state index is 0.117. The van der Waals surface area contributed by atoms with Crippen molar-refractivity contribution in [3.05, 3.63) is 36.3 Å². The number of piperidine rings is 1. The second-order valence-corrected chi connectivity index (χ2v) is 8.64. The molecule has 1 aliphatic heterocycles. The van der Waals surface area contributed by atoms with Crippen LogP contribution in [-0.2, 0) is 11.3 Å². The van der Waals surface area contributed by atoms with Crippen molar-refractivity contribution in [1.82, 2.24) is 29.0 Å². The Bertz CT molecular complexity index is 1550. The number of anilines is 1. The van der Waals surface area contributed by atoms with Gasteiger partial charge in [0.05, 0.1) is 37.3 Å². The molecule has 1 N–H and O–H groups in total. The van der Waals surface area contributed by atoms with E-state index < -0.39 is 37.9 Å². The average molecular weight is 505 g/mol. The Kier molecular flexibility index (Phi) is 5.09. The van der Waals surface area contributed by atoms with Crippen LogP contribution in [0.5, 0.6) is 5.88 Å². The monoisotopic (exact) mass is 504 g/mol. The largest absolute Gasteiger partial charge is 0.479 e. The number of carbonyl (C=O) groups is 1. The van der Waals surface area contributed by atoms with Crippen LogP contribution in [0.4, 0.5) is 19.1 Å². The highest BCUT2D eigenvalue weighted by atomic mass is 19.3. The van der Waals surface area contributed by atoms with Crippen LogP contribution in [0, 0.1) is 6.92 Å². The van der Waals surface area contributed by atoms with E-state index in [0.29, 0.717) is 21.8 Å². The van der Waals surface area contributed by atoms with Gasteiger partial charge in [-0.05, 0) is 37.1 Å². The molecule has 0 bridgehead atoms. The summed E-state index contributed by atoms with van der Waals surface area (Å²) in [6, 6.07) is 5.94. The van der Waals surface area contributed by atoms with Crippen molar-refractivity contribution < 1.29 is 26.8 Å². The number of halogens is 3. The fourth-order valence-corrected chi connectivity index (χ4v) is 4.65. The van der Waals surface area contributed by atoms with Crippen molar-refractivity contribution in [2.45, 2.75) is 38.7 Å². The Labute approximate surface area is 209 Å². The summed E-state index contributed by atoms with van der Waals surface area (Å²) in [6.45, 7) is -2.71. The summed E-state index contributed by atoms with van der Waals surface area (Å²) in [5, 5.41) is 6.97. The number of nitrogens with zero attached hydrogens (tertiary/aromatic N) is 6. The van der Waals surface area contributed by atoms with Gasteiger partial charge < -0.3 is 19.5 Å². The van der Waals surface area contributed by atoms with Crippen LogP contribution in [0.1, 0.15) is 23.2 Å². The van der Waals surface area contributed by atoms with E-state index in [1.807, 2.05) is 25.1 Å². The third-order valence-electron chi connectivity index (χ3n) is 6.42. The summed E-state index contributed by atoms with van der Waals surface area (Å²) in [6.07, 6.45) is 1.44. The maximum Gasteiger partial charge on any atom is 0.285 e. The Morgan fingerprint density at radius 1 is 1.33 bits per heavy atom. The van der Waals surface area contributed by atoms with Crippen LogP contribution in [0.3, 0.4) is 0 Å². The number of nitrogens with one attached hydrogen (secondary N) is 1. The fraction of sp³-hybridized carbons (Fsp3) is 0.417. The predicted molar refractivity (Wildman–Crippen MR) is 128 cm³/mol. The van der Waals surface area contributed by atoms with Crippen molar-refractivity contribution in [2.75, 3.05) is 32.2 Å². The highest BCUT2D eigenvalue weighted by molar-refractivity contribution is 5.90. The van der Waals surface area contributed by atoms with Crippen LogP contribution in [-0.4, -0.2) is 73.8 Å². The molecule has 12 heteroatoms. The van der Waals surface area contributed by atoms with Gasteiger partial charge in [-0.2, -0.15) is 4.98 Å². The van der Waals surface area contributed by atoms with Gasteiger partial charge in [0.15, 0.2) is 0 Å². The van der Waals surface area contributed by atoms with Gasteiger partial charge in [0.25, 0.3) is 5.92 Å². The summed E-state index contributed by atoms with van der Waals surface area (Å²) in [5.74, 6) is -4.01. The lowest BCUT2D eigenvalue weighted by atomic mass is 10.0. The average Bonchev–Trinajstić information content (AvgIpc) is 3.44. The van der Waals surface area contributed by atoms with E-state index in [9.17, 15) is 18.0 Å². The van der Waals surface area contributed by atoms with E-state index in [1.165, 1.54) is 11.6 Å². The molecule has 0 radical (unpaired) electrons. The Morgan fingerprint density at radius 2 is 2.17 bits per heavy atom. The zero-order valence-corrected chi connectivity index (χ0v) is 19.6. The van der Waals surface area contributed by atoms with Crippen LogP contribution in [0.2, 0.25) is 0 Å². The Morgan fingerprint density at radius 3 is 2.89 bits per heavy atom. The molecule has 36 heavy (non-hydrogen) atoms. The van der Waals surface area contributed by atoms with Crippen molar-refractivity contribution in [3.63, 3.8) is 0 Å². The molecule has 1 aliphatic rings. The fourth-order valence-electron chi connectivity index (χ4n) is 4.65. The first-order valence-corrected chi connectivity index (χ1v) is 11.3. The minimum Gasteiger partial charge on any atom is -0.479 e. The molecule has 0 aliphatic carbocycles. The van der Waals surface area contributed by atoms with E-state index >= 15 is 0 Å². The van der Waals surface area contributed by atoms with E-state index in [4.69, 9.17) is 8.85 Å².